The summed E-state index contributed by atoms with van der Waals surface area (Å²) in [5.41, 5.74) is 2.75. The molecule has 0 aliphatic heterocycles. The average Bonchev–Trinajstić information content (AvgIpc) is 3.11. The first kappa shape index (κ1) is 17.4. The van der Waals surface area contributed by atoms with E-state index in [4.69, 9.17) is 4.42 Å². The molecule has 0 spiro atoms. The van der Waals surface area contributed by atoms with Crippen molar-refractivity contribution in [1.29, 1.82) is 0 Å². The van der Waals surface area contributed by atoms with Gasteiger partial charge in [0.25, 0.3) is 0 Å². The fraction of sp³-hybridized carbons (Fsp3) is 0.238. The second-order valence-electron chi connectivity index (χ2n) is 6.12. The zero-order chi connectivity index (χ0) is 17.6. The second kappa shape index (κ2) is 8.12. The van der Waals surface area contributed by atoms with Crippen LogP contribution in [0.15, 0.2) is 71.1 Å². The Morgan fingerprint density at radius 2 is 1.60 bits per heavy atom. The quantitative estimate of drug-likeness (QED) is 0.613. The summed E-state index contributed by atoms with van der Waals surface area (Å²) in [4.78, 5) is 0. The molecule has 2 atom stereocenters. The van der Waals surface area contributed by atoms with E-state index in [0.29, 0.717) is 13.1 Å². The lowest BCUT2D eigenvalue weighted by molar-refractivity contribution is 0.173. The number of furan rings is 1. The standard InChI is InChI=1S/C21H23NO3/c1-15(23)16-7-9-18(10-8-16)21-12-11-19(25-21)13-22-14-20(24)17-5-3-2-4-6-17/h2-12,15,20,22-24H,13-14H2,1H3. The molecule has 0 aliphatic carbocycles. The first-order valence-electron chi connectivity index (χ1n) is 8.44. The van der Waals surface area contributed by atoms with Gasteiger partial charge in [0.1, 0.15) is 11.5 Å². The molecular formula is C21H23NO3. The van der Waals surface area contributed by atoms with Gasteiger partial charge in [0.2, 0.25) is 0 Å². The molecule has 0 aliphatic rings. The molecule has 130 valence electrons. The van der Waals surface area contributed by atoms with E-state index in [-0.39, 0.29) is 0 Å². The highest BCUT2D eigenvalue weighted by molar-refractivity contribution is 5.58. The van der Waals surface area contributed by atoms with Crippen LogP contribution in [0.3, 0.4) is 0 Å². The van der Waals surface area contributed by atoms with Crippen molar-refractivity contribution in [2.45, 2.75) is 25.7 Å². The number of hydrogen-bond acceptors (Lipinski definition) is 4. The normalized spacial score (nSPS) is 13.6. The van der Waals surface area contributed by atoms with Crippen LogP contribution in [0.5, 0.6) is 0 Å². The van der Waals surface area contributed by atoms with E-state index in [1.54, 1.807) is 6.92 Å². The van der Waals surface area contributed by atoms with Crippen LogP contribution in [-0.4, -0.2) is 16.8 Å². The van der Waals surface area contributed by atoms with Gasteiger partial charge in [-0.25, -0.2) is 0 Å². The summed E-state index contributed by atoms with van der Waals surface area (Å²) in [5.74, 6) is 1.60. The van der Waals surface area contributed by atoms with Crippen LogP contribution in [0.4, 0.5) is 0 Å². The van der Waals surface area contributed by atoms with E-state index < -0.39 is 12.2 Å². The minimum Gasteiger partial charge on any atom is -0.460 e. The molecule has 1 aromatic heterocycles. The van der Waals surface area contributed by atoms with Gasteiger partial charge in [0.15, 0.2) is 0 Å². The molecule has 0 amide bonds. The molecule has 25 heavy (non-hydrogen) atoms. The van der Waals surface area contributed by atoms with Crippen LogP contribution in [-0.2, 0) is 6.54 Å². The van der Waals surface area contributed by atoms with Crippen molar-refractivity contribution in [3.8, 4) is 11.3 Å². The van der Waals surface area contributed by atoms with E-state index in [0.717, 1.165) is 28.2 Å². The predicted molar refractivity (Wildman–Crippen MR) is 97.9 cm³/mol. The summed E-state index contributed by atoms with van der Waals surface area (Å²) in [6.07, 6.45) is -1.01. The van der Waals surface area contributed by atoms with Crippen LogP contribution in [0.25, 0.3) is 11.3 Å². The average molecular weight is 337 g/mol. The van der Waals surface area contributed by atoms with E-state index in [1.807, 2.05) is 66.7 Å². The molecule has 4 heteroatoms. The molecule has 3 N–H and O–H groups in total. The highest BCUT2D eigenvalue weighted by Crippen LogP contribution is 2.24. The largest absolute Gasteiger partial charge is 0.460 e. The van der Waals surface area contributed by atoms with Crippen LogP contribution in [0.1, 0.15) is 36.0 Å². The minimum atomic E-state index is -0.538. The molecule has 0 fully saturated rings. The number of rotatable bonds is 7. The fourth-order valence-corrected chi connectivity index (χ4v) is 2.68. The zero-order valence-corrected chi connectivity index (χ0v) is 14.2. The molecule has 4 nitrogen and oxygen atoms in total. The molecule has 2 unspecified atom stereocenters. The van der Waals surface area contributed by atoms with Crippen molar-refractivity contribution < 1.29 is 14.6 Å². The van der Waals surface area contributed by atoms with Crippen LogP contribution < -0.4 is 5.32 Å². The predicted octanol–water partition coefficient (Wildman–Crippen LogP) is 3.82. The van der Waals surface area contributed by atoms with Crippen molar-refractivity contribution in [2.24, 2.45) is 0 Å². The molecule has 0 bridgehead atoms. The van der Waals surface area contributed by atoms with Gasteiger partial charge in [-0.2, -0.15) is 0 Å². The first-order valence-corrected chi connectivity index (χ1v) is 8.44. The van der Waals surface area contributed by atoms with Gasteiger partial charge in [-0.1, -0.05) is 54.6 Å². The highest BCUT2D eigenvalue weighted by atomic mass is 16.3. The zero-order valence-electron chi connectivity index (χ0n) is 14.2. The Hall–Kier alpha value is -2.40. The second-order valence-corrected chi connectivity index (χ2v) is 6.12. The van der Waals surface area contributed by atoms with Gasteiger partial charge in [-0.3, -0.25) is 0 Å². The summed E-state index contributed by atoms with van der Waals surface area (Å²) in [6, 6.07) is 21.1. The van der Waals surface area contributed by atoms with Crippen molar-refractivity contribution in [3.05, 3.63) is 83.6 Å². The highest BCUT2D eigenvalue weighted by Gasteiger charge is 2.09. The van der Waals surface area contributed by atoms with Crippen LogP contribution in [0, 0.1) is 0 Å². The third-order valence-electron chi connectivity index (χ3n) is 4.16. The summed E-state index contributed by atoms with van der Waals surface area (Å²) >= 11 is 0. The molecule has 3 rings (SSSR count). The van der Waals surface area contributed by atoms with Gasteiger partial charge >= 0.3 is 0 Å². The maximum absolute atomic E-state index is 10.1. The molecule has 1 heterocycles. The van der Waals surface area contributed by atoms with E-state index in [9.17, 15) is 10.2 Å². The van der Waals surface area contributed by atoms with Gasteiger partial charge < -0.3 is 19.9 Å². The third kappa shape index (κ3) is 4.57. The molecule has 0 saturated carbocycles. The van der Waals surface area contributed by atoms with Gasteiger partial charge in [0, 0.05) is 12.1 Å². The van der Waals surface area contributed by atoms with E-state index in [1.165, 1.54) is 0 Å². The monoisotopic (exact) mass is 337 g/mol. The molecule has 2 aromatic carbocycles. The molecule has 3 aromatic rings. The lowest BCUT2D eigenvalue weighted by Crippen LogP contribution is -2.20. The Labute approximate surface area is 147 Å². The Balaban J connectivity index is 1.55. The van der Waals surface area contributed by atoms with E-state index in [2.05, 4.69) is 5.32 Å². The van der Waals surface area contributed by atoms with Crippen molar-refractivity contribution in [3.63, 3.8) is 0 Å². The molecule has 0 radical (unpaired) electrons. The van der Waals surface area contributed by atoms with E-state index >= 15 is 0 Å². The molecular weight excluding hydrogens is 314 g/mol. The van der Waals surface area contributed by atoms with Gasteiger partial charge in [-0.15, -0.1) is 0 Å². The van der Waals surface area contributed by atoms with Crippen LogP contribution in [0.2, 0.25) is 0 Å². The van der Waals surface area contributed by atoms with Gasteiger partial charge in [-0.05, 0) is 30.2 Å². The number of aliphatic hydroxyl groups is 2. The lowest BCUT2D eigenvalue weighted by Gasteiger charge is -2.11. The maximum atomic E-state index is 10.1. The van der Waals surface area contributed by atoms with Crippen molar-refractivity contribution in [2.75, 3.05) is 6.54 Å². The third-order valence-corrected chi connectivity index (χ3v) is 4.16. The molecule has 0 saturated heterocycles. The minimum absolute atomic E-state index is 0.461. The number of nitrogens with one attached hydrogen (secondary N) is 1. The first-order chi connectivity index (χ1) is 12.1. The summed E-state index contributed by atoms with van der Waals surface area (Å²) < 4.78 is 5.85. The summed E-state index contributed by atoms with van der Waals surface area (Å²) in [7, 11) is 0. The Bertz CT molecular complexity index is 778. The summed E-state index contributed by atoms with van der Waals surface area (Å²) in [5, 5.41) is 22.9. The Morgan fingerprint density at radius 3 is 2.28 bits per heavy atom. The Kier molecular flexibility index (Phi) is 5.66. The Morgan fingerprint density at radius 1 is 0.880 bits per heavy atom. The van der Waals surface area contributed by atoms with Crippen molar-refractivity contribution >= 4 is 0 Å². The SMILES string of the molecule is CC(O)c1ccc(-c2ccc(CNCC(O)c3ccccc3)o2)cc1. The smallest absolute Gasteiger partial charge is 0.134 e. The summed E-state index contributed by atoms with van der Waals surface area (Å²) in [6.45, 7) is 2.76. The maximum Gasteiger partial charge on any atom is 0.134 e. The number of benzene rings is 2. The van der Waals surface area contributed by atoms with Crippen molar-refractivity contribution in [1.82, 2.24) is 5.32 Å². The fourth-order valence-electron chi connectivity index (χ4n) is 2.68. The van der Waals surface area contributed by atoms with Gasteiger partial charge in [0.05, 0.1) is 18.8 Å². The lowest BCUT2D eigenvalue weighted by atomic mass is 10.1. The van der Waals surface area contributed by atoms with Crippen LogP contribution >= 0.6 is 0 Å². The number of aliphatic hydroxyl groups excluding tert-OH is 2. The number of hydrogen-bond donors (Lipinski definition) is 3. The topological polar surface area (TPSA) is 65.6 Å².